The Morgan fingerprint density at radius 2 is 2.04 bits per heavy atom. The van der Waals surface area contributed by atoms with E-state index < -0.39 is 0 Å². The topological polar surface area (TPSA) is 34.6 Å². The van der Waals surface area contributed by atoms with E-state index in [0.717, 1.165) is 55.5 Å². The fourth-order valence-electron chi connectivity index (χ4n) is 3.96. The van der Waals surface area contributed by atoms with Crippen LogP contribution in [0.2, 0.25) is 5.02 Å². The number of likely N-dealkylation sites (tertiary alicyclic amines) is 1. The molecule has 1 aromatic carbocycles. The number of rotatable bonds is 5. The van der Waals surface area contributed by atoms with E-state index in [1.54, 1.807) is 0 Å². The molecule has 0 bridgehead atoms. The highest BCUT2D eigenvalue weighted by atomic mass is 35.5. The van der Waals surface area contributed by atoms with Gasteiger partial charge in [-0.05, 0) is 43.2 Å². The van der Waals surface area contributed by atoms with Gasteiger partial charge in [0.15, 0.2) is 0 Å². The van der Waals surface area contributed by atoms with E-state index in [0.29, 0.717) is 6.61 Å². The molecular formula is C21H25ClN2O2. The molecule has 0 N–H and O–H groups in total. The zero-order chi connectivity index (χ0) is 18.0. The lowest BCUT2D eigenvalue weighted by atomic mass is 9.84. The number of nitrogens with zero attached hydrogens (tertiary/aromatic N) is 2. The SMILES string of the molecule is Cc1cccc(CO[C@@H]2CCOC3(C2)CN(Cc2ccc(Cl)cc2)C3)n1. The van der Waals surface area contributed by atoms with Crippen LogP contribution in [-0.4, -0.2) is 41.3 Å². The summed E-state index contributed by atoms with van der Waals surface area (Å²) in [7, 11) is 0. The van der Waals surface area contributed by atoms with E-state index in [4.69, 9.17) is 21.1 Å². The van der Waals surface area contributed by atoms with Crippen molar-refractivity contribution in [1.82, 2.24) is 9.88 Å². The van der Waals surface area contributed by atoms with Crippen LogP contribution >= 0.6 is 11.6 Å². The van der Waals surface area contributed by atoms with Gasteiger partial charge in [-0.15, -0.1) is 0 Å². The molecular weight excluding hydrogens is 348 g/mol. The van der Waals surface area contributed by atoms with Gasteiger partial charge in [-0.2, -0.15) is 0 Å². The molecule has 0 unspecified atom stereocenters. The fraction of sp³-hybridized carbons (Fsp3) is 0.476. The Kier molecular flexibility index (Phi) is 5.28. The molecule has 3 heterocycles. The van der Waals surface area contributed by atoms with Crippen molar-refractivity contribution >= 4 is 11.6 Å². The largest absolute Gasteiger partial charge is 0.372 e. The molecule has 4 nitrogen and oxygen atoms in total. The lowest BCUT2D eigenvalue weighted by Crippen LogP contribution is -2.65. The third-order valence-electron chi connectivity index (χ3n) is 5.20. The van der Waals surface area contributed by atoms with Crippen molar-refractivity contribution in [2.24, 2.45) is 0 Å². The van der Waals surface area contributed by atoms with Crippen LogP contribution in [0, 0.1) is 6.92 Å². The Morgan fingerprint density at radius 1 is 1.23 bits per heavy atom. The van der Waals surface area contributed by atoms with Crippen LogP contribution in [0.15, 0.2) is 42.5 Å². The van der Waals surface area contributed by atoms with Gasteiger partial charge in [0.05, 0.1) is 24.0 Å². The Balaban J connectivity index is 1.27. The van der Waals surface area contributed by atoms with E-state index in [1.165, 1.54) is 5.56 Å². The highest BCUT2D eigenvalue weighted by Gasteiger charge is 2.47. The molecule has 2 saturated heterocycles. The minimum absolute atomic E-state index is 0.0324. The van der Waals surface area contributed by atoms with Crippen molar-refractivity contribution in [3.05, 3.63) is 64.4 Å². The first-order valence-corrected chi connectivity index (χ1v) is 9.63. The van der Waals surface area contributed by atoms with Gasteiger partial charge in [0.2, 0.25) is 0 Å². The van der Waals surface area contributed by atoms with Crippen LogP contribution in [0.5, 0.6) is 0 Å². The zero-order valence-electron chi connectivity index (χ0n) is 15.2. The number of aryl methyl sites for hydroxylation is 1. The van der Waals surface area contributed by atoms with Gasteiger partial charge in [-0.25, -0.2) is 0 Å². The van der Waals surface area contributed by atoms with Gasteiger partial charge in [0, 0.05) is 43.4 Å². The van der Waals surface area contributed by atoms with Crippen molar-refractivity contribution in [1.29, 1.82) is 0 Å². The summed E-state index contributed by atoms with van der Waals surface area (Å²) in [5.41, 5.74) is 3.29. The first kappa shape index (κ1) is 17.9. The maximum absolute atomic E-state index is 6.15. The quantitative estimate of drug-likeness (QED) is 0.794. The first-order chi connectivity index (χ1) is 12.6. The molecule has 2 aliphatic rings. The Hall–Kier alpha value is -1.46. The molecule has 0 radical (unpaired) electrons. The molecule has 0 saturated carbocycles. The molecule has 1 aromatic heterocycles. The Morgan fingerprint density at radius 3 is 2.81 bits per heavy atom. The molecule has 2 aliphatic heterocycles. The third kappa shape index (κ3) is 4.26. The number of benzene rings is 1. The minimum atomic E-state index is -0.0324. The third-order valence-corrected chi connectivity index (χ3v) is 5.46. The van der Waals surface area contributed by atoms with Crippen LogP contribution < -0.4 is 0 Å². The van der Waals surface area contributed by atoms with Crippen molar-refractivity contribution in [3.8, 4) is 0 Å². The normalized spacial score (nSPS) is 22.3. The number of aromatic nitrogens is 1. The van der Waals surface area contributed by atoms with E-state index in [-0.39, 0.29) is 11.7 Å². The summed E-state index contributed by atoms with van der Waals surface area (Å²) >= 11 is 5.96. The van der Waals surface area contributed by atoms with Crippen molar-refractivity contribution < 1.29 is 9.47 Å². The molecule has 0 aliphatic carbocycles. The molecule has 5 heteroatoms. The lowest BCUT2D eigenvalue weighted by molar-refractivity contribution is -0.200. The second kappa shape index (κ2) is 7.65. The average molecular weight is 373 g/mol. The highest BCUT2D eigenvalue weighted by Crippen LogP contribution is 2.36. The maximum atomic E-state index is 6.15. The van der Waals surface area contributed by atoms with E-state index >= 15 is 0 Å². The fourth-order valence-corrected chi connectivity index (χ4v) is 4.08. The molecule has 2 fully saturated rings. The summed E-state index contributed by atoms with van der Waals surface area (Å²) in [6.45, 7) is 6.26. The van der Waals surface area contributed by atoms with Crippen LogP contribution in [0.25, 0.3) is 0 Å². The average Bonchev–Trinajstić information content (AvgIpc) is 2.61. The van der Waals surface area contributed by atoms with Gasteiger partial charge < -0.3 is 9.47 Å². The Labute approximate surface area is 160 Å². The lowest BCUT2D eigenvalue weighted by Gasteiger charge is -2.53. The molecule has 1 spiro atoms. The molecule has 4 rings (SSSR count). The summed E-state index contributed by atoms with van der Waals surface area (Å²) in [5, 5.41) is 0.785. The second-order valence-corrected chi connectivity index (χ2v) is 7.94. The van der Waals surface area contributed by atoms with Crippen molar-refractivity contribution in [2.45, 2.75) is 44.6 Å². The first-order valence-electron chi connectivity index (χ1n) is 9.25. The summed E-state index contributed by atoms with van der Waals surface area (Å²) in [6.07, 6.45) is 2.18. The van der Waals surface area contributed by atoms with Gasteiger partial charge in [-0.3, -0.25) is 9.88 Å². The predicted octanol–water partition coefficient (Wildman–Crippen LogP) is 3.99. The van der Waals surface area contributed by atoms with E-state index in [1.807, 2.05) is 37.3 Å². The summed E-state index contributed by atoms with van der Waals surface area (Å²) in [5.74, 6) is 0. The highest BCUT2D eigenvalue weighted by molar-refractivity contribution is 6.30. The van der Waals surface area contributed by atoms with Crippen molar-refractivity contribution in [3.63, 3.8) is 0 Å². The number of hydrogen-bond acceptors (Lipinski definition) is 4. The molecule has 0 amide bonds. The monoisotopic (exact) mass is 372 g/mol. The number of halogens is 1. The van der Waals surface area contributed by atoms with Crippen LogP contribution in [0.4, 0.5) is 0 Å². The van der Waals surface area contributed by atoms with Crippen LogP contribution in [0.1, 0.15) is 29.8 Å². The smallest absolute Gasteiger partial charge is 0.0959 e. The van der Waals surface area contributed by atoms with Crippen LogP contribution in [0.3, 0.4) is 0 Å². The molecule has 2 aromatic rings. The zero-order valence-corrected chi connectivity index (χ0v) is 15.9. The van der Waals surface area contributed by atoms with E-state index in [9.17, 15) is 0 Å². The van der Waals surface area contributed by atoms with Gasteiger partial charge in [0.25, 0.3) is 0 Å². The maximum Gasteiger partial charge on any atom is 0.0959 e. The van der Waals surface area contributed by atoms with Gasteiger partial charge >= 0.3 is 0 Å². The Bertz CT molecular complexity index is 744. The second-order valence-electron chi connectivity index (χ2n) is 7.50. The number of pyridine rings is 1. The predicted molar refractivity (Wildman–Crippen MR) is 102 cm³/mol. The van der Waals surface area contributed by atoms with Crippen molar-refractivity contribution in [2.75, 3.05) is 19.7 Å². The molecule has 1 atom stereocenters. The summed E-state index contributed by atoms with van der Waals surface area (Å²) in [4.78, 5) is 6.94. The van der Waals surface area contributed by atoms with E-state index in [2.05, 4.69) is 22.0 Å². The van der Waals surface area contributed by atoms with Crippen LogP contribution in [-0.2, 0) is 22.6 Å². The molecule has 26 heavy (non-hydrogen) atoms. The van der Waals surface area contributed by atoms with Gasteiger partial charge in [-0.1, -0.05) is 29.8 Å². The minimum Gasteiger partial charge on any atom is -0.372 e. The summed E-state index contributed by atoms with van der Waals surface area (Å²) in [6, 6.07) is 14.2. The van der Waals surface area contributed by atoms with Gasteiger partial charge in [0.1, 0.15) is 0 Å². The number of ether oxygens (including phenoxy) is 2. The standard InChI is InChI=1S/C21H25ClN2O2/c1-16-3-2-4-19(23-16)13-25-20-9-10-26-21(11-20)14-24(15-21)12-17-5-7-18(22)8-6-17/h2-8,20H,9-15H2,1H3/t20-/m1/s1. The summed E-state index contributed by atoms with van der Waals surface area (Å²) < 4.78 is 12.3. The number of hydrogen-bond donors (Lipinski definition) is 0. The molecule has 138 valence electrons.